The first kappa shape index (κ1) is 21.3. The maximum Gasteiger partial charge on any atom is 0.241 e. The minimum Gasteiger partial charge on any atom is -1.00 e. The van der Waals surface area contributed by atoms with E-state index in [9.17, 15) is 4.79 Å². The average Bonchev–Trinajstić information content (AvgIpc) is 2.67. The molecule has 1 amide bonds. The van der Waals surface area contributed by atoms with Crippen LogP contribution in [0.2, 0.25) is 0 Å². The van der Waals surface area contributed by atoms with Gasteiger partial charge < -0.3 is 22.6 Å². The summed E-state index contributed by atoms with van der Waals surface area (Å²) in [7, 11) is 0. The van der Waals surface area contributed by atoms with Crippen molar-refractivity contribution in [1.82, 2.24) is 9.80 Å². The smallest absolute Gasteiger partial charge is 0.241 e. The van der Waals surface area contributed by atoms with Gasteiger partial charge in [0, 0.05) is 38.4 Å². The van der Waals surface area contributed by atoms with Gasteiger partial charge in [0.25, 0.3) is 0 Å². The highest BCUT2D eigenvalue weighted by molar-refractivity contribution is 5.81. The Bertz CT molecular complexity index is 713. The molecule has 1 aliphatic heterocycles. The minimum absolute atomic E-state index is 0. The third-order valence-corrected chi connectivity index (χ3v) is 4.99. The van der Waals surface area contributed by atoms with E-state index in [1.165, 1.54) is 11.1 Å². The van der Waals surface area contributed by atoms with Gasteiger partial charge in [0.05, 0.1) is 6.54 Å². The quantitative estimate of drug-likeness (QED) is 0.788. The summed E-state index contributed by atoms with van der Waals surface area (Å²) < 4.78 is 0. The molecule has 146 valence electrons. The van der Waals surface area contributed by atoms with Crippen LogP contribution in [0.3, 0.4) is 0 Å². The fraction of sp³-hybridized carbons (Fsp3) is 0.409. The first-order chi connectivity index (χ1) is 12.6. The maximum atomic E-state index is 12.6. The van der Waals surface area contributed by atoms with E-state index in [1.807, 2.05) is 23.1 Å². The molecular weight excluding hydrogens is 358 g/mol. The summed E-state index contributed by atoms with van der Waals surface area (Å²) in [5, 5.41) is 3.34. The molecule has 5 heteroatoms. The third kappa shape index (κ3) is 5.98. The molecule has 0 aromatic heterocycles. The van der Waals surface area contributed by atoms with Crippen LogP contribution in [0.4, 0.5) is 5.69 Å². The number of benzene rings is 2. The lowest BCUT2D eigenvalue weighted by molar-refractivity contribution is -0.131. The van der Waals surface area contributed by atoms with Crippen molar-refractivity contribution in [2.24, 2.45) is 0 Å². The number of piperazine rings is 1. The molecule has 2 aromatic rings. The average molecular weight is 387 g/mol. The summed E-state index contributed by atoms with van der Waals surface area (Å²) in [4.78, 5) is 17.0. The third-order valence-electron chi connectivity index (χ3n) is 4.99. The number of carbonyl (C=O) groups excluding carboxylic acids is 1. The number of para-hydroxylation sites is 1. The molecule has 0 spiro atoms. The Labute approximate surface area is 169 Å². The molecule has 1 saturated heterocycles. The number of hydrogen-bond donors (Lipinski definition) is 1. The van der Waals surface area contributed by atoms with Crippen molar-refractivity contribution in [3.63, 3.8) is 0 Å². The van der Waals surface area contributed by atoms with Gasteiger partial charge >= 0.3 is 0 Å². The highest BCUT2D eigenvalue weighted by Gasteiger charge is 2.21. The number of carbonyl (C=O) groups is 1. The minimum atomic E-state index is 0. The summed E-state index contributed by atoms with van der Waals surface area (Å²) >= 11 is 0. The van der Waals surface area contributed by atoms with Crippen molar-refractivity contribution in [3.05, 3.63) is 65.7 Å². The summed E-state index contributed by atoms with van der Waals surface area (Å²) in [5.41, 5.74) is 3.66. The second-order valence-electron chi connectivity index (χ2n) is 7.24. The van der Waals surface area contributed by atoms with Gasteiger partial charge in [0.1, 0.15) is 0 Å². The Morgan fingerprint density at radius 1 is 0.963 bits per heavy atom. The van der Waals surface area contributed by atoms with E-state index >= 15 is 0 Å². The number of nitrogens with one attached hydrogen (secondary N) is 1. The van der Waals surface area contributed by atoms with Gasteiger partial charge in [0.2, 0.25) is 5.91 Å². The van der Waals surface area contributed by atoms with Gasteiger partial charge in [-0.05, 0) is 23.1 Å². The molecule has 4 nitrogen and oxygen atoms in total. The Morgan fingerprint density at radius 3 is 2.26 bits per heavy atom. The molecule has 3 rings (SSSR count). The second kappa shape index (κ2) is 10.3. The van der Waals surface area contributed by atoms with E-state index in [-0.39, 0.29) is 18.3 Å². The largest absolute Gasteiger partial charge is 1.00 e. The molecule has 0 saturated carbocycles. The van der Waals surface area contributed by atoms with Crippen LogP contribution in [0.5, 0.6) is 0 Å². The fourth-order valence-corrected chi connectivity index (χ4v) is 3.44. The fourth-order valence-electron chi connectivity index (χ4n) is 3.44. The van der Waals surface area contributed by atoms with Crippen molar-refractivity contribution < 1.29 is 17.2 Å². The van der Waals surface area contributed by atoms with Crippen molar-refractivity contribution in [2.75, 3.05) is 38.0 Å². The van der Waals surface area contributed by atoms with Gasteiger partial charge in [-0.15, -0.1) is 0 Å². The molecule has 1 aliphatic rings. The van der Waals surface area contributed by atoms with Crippen molar-refractivity contribution in [3.8, 4) is 0 Å². The van der Waals surface area contributed by atoms with E-state index in [2.05, 4.69) is 60.5 Å². The van der Waals surface area contributed by atoms with E-state index in [0.29, 0.717) is 12.5 Å². The zero-order valence-corrected chi connectivity index (χ0v) is 17.0. The van der Waals surface area contributed by atoms with E-state index in [0.717, 1.165) is 38.4 Å². The number of anilines is 1. The van der Waals surface area contributed by atoms with Crippen LogP contribution in [0.1, 0.15) is 30.9 Å². The van der Waals surface area contributed by atoms with E-state index < -0.39 is 0 Å². The van der Waals surface area contributed by atoms with Crippen molar-refractivity contribution >= 4 is 11.6 Å². The Kier molecular flexibility index (Phi) is 8.14. The van der Waals surface area contributed by atoms with Crippen LogP contribution >= 0.6 is 0 Å². The van der Waals surface area contributed by atoms with Crippen LogP contribution in [0.15, 0.2) is 54.6 Å². The van der Waals surface area contributed by atoms with E-state index in [4.69, 9.17) is 0 Å². The normalized spacial score (nSPS) is 14.7. The number of amides is 1. The summed E-state index contributed by atoms with van der Waals surface area (Å²) in [6.45, 7) is 9.15. The lowest BCUT2D eigenvalue weighted by Crippen LogP contribution is -3.00. The molecule has 0 atom stereocenters. The van der Waals surface area contributed by atoms with Gasteiger partial charge in [-0.25, -0.2) is 0 Å². The van der Waals surface area contributed by atoms with Crippen LogP contribution in [-0.4, -0.2) is 48.4 Å². The first-order valence-corrected chi connectivity index (χ1v) is 9.50. The second-order valence-corrected chi connectivity index (χ2v) is 7.24. The molecule has 0 aliphatic carbocycles. The molecule has 1 fully saturated rings. The predicted octanol–water partition coefficient (Wildman–Crippen LogP) is 0.570. The van der Waals surface area contributed by atoms with Crippen LogP contribution < -0.4 is 17.7 Å². The molecule has 0 bridgehead atoms. The standard InChI is InChI=1S/C22H29N3O.ClH/c1-18(2)20-10-6-7-11-21(20)23-16-22(26)25-14-12-24(13-15-25)17-19-8-4-3-5-9-19;/h3-11,18,23H,12-17H2,1-2H3;1H/p-1. The number of rotatable bonds is 6. The lowest BCUT2D eigenvalue weighted by Gasteiger charge is -2.35. The van der Waals surface area contributed by atoms with Gasteiger partial charge in [-0.3, -0.25) is 9.69 Å². The SMILES string of the molecule is CC(C)c1ccccc1NCC(=O)N1CCN(Cc2ccccc2)CC1.[Cl-]. The Hall–Kier alpha value is -2.04. The highest BCUT2D eigenvalue weighted by atomic mass is 35.5. The number of halogens is 1. The predicted molar refractivity (Wildman–Crippen MR) is 107 cm³/mol. The number of nitrogens with zero attached hydrogens (tertiary/aromatic N) is 2. The zero-order chi connectivity index (χ0) is 18.4. The van der Waals surface area contributed by atoms with Crippen LogP contribution in [0.25, 0.3) is 0 Å². The molecule has 0 unspecified atom stereocenters. The van der Waals surface area contributed by atoms with Gasteiger partial charge in [-0.1, -0.05) is 62.4 Å². The van der Waals surface area contributed by atoms with Crippen molar-refractivity contribution in [2.45, 2.75) is 26.3 Å². The van der Waals surface area contributed by atoms with E-state index in [1.54, 1.807) is 0 Å². The summed E-state index contributed by atoms with van der Waals surface area (Å²) in [6, 6.07) is 18.8. The molecule has 1 heterocycles. The van der Waals surface area contributed by atoms with Gasteiger partial charge in [-0.2, -0.15) is 0 Å². The van der Waals surface area contributed by atoms with Crippen LogP contribution in [0, 0.1) is 0 Å². The molecule has 27 heavy (non-hydrogen) atoms. The monoisotopic (exact) mass is 386 g/mol. The van der Waals surface area contributed by atoms with Crippen molar-refractivity contribution in [1.29, 1.82) is 0 Å². The molecular formula is C22H29ClN3O-. The zero-order valence-electron chi connectivity index (χ0n) is 16.2. The number of hydrogen-bond acceptors (Lipinski definition) is 3. The Morgan fingerprint density at radius 2 is 1.59 bits per heavy atom. The summed E-state index contributed by atoms with van der Waals surface area (Å²) in [6.07, 6.45) is 0. The van der Waals surface area contributed by atoms with Gasteiger partial charge in [0.15, 0.2) is 0 Å². The first-order valence-electron chi connectivity index (χ1n) is 9.50. The van der Waals surface area contributed by atoms with Crippen LogP contribution in [-0.2, 0) is 11.3 Å². The molecule has 1 N–H and O–H groups in total. The summed E-state index contributed by atoms with van der Waals surface area (Å²) in [5.74, 6) is 0.623. The topological polar surface area (TPSA) is 35.6 Å². The molecule has 2 aromatic carbocycles. The highest BCUT2D eigenvalue weighted by Crippen LogP contribution is 2.23. The molecule has 0 radical (unpaired) electrons. The lowest BCUT2D eigenvalue weighted by atomic mass is 10.0. The Balaban J connectivity index is 0.00000261. The maximum absolute atomic E-state index is 12.6.